The lowest BCUT2D eigenvalue weighted by Crippen LogP contribution is -2.44. The van der Waals surface area contributed by atoms with E-state index in [2.05, 4.69) is 28.8 Å². The monoisotopic (exact) mass is 274 g/mol. The summed E-state index contributed by atoms with van der Waals surface area (Å²) in [5.74, 6) is 4.44. The van der Waals surface area contributed by atoms with Crippen molar-refractivity contribution in [2.24, 2.45) is 29.4 Å². The summed E-state index contributed by atoms with van der Waals surface area (Å²) < 4.78 is 2.16. The molecule has 1 aromatic rings. The van der Waals surface area contributed by atoms with Gasteiger partial charge in [-0.25, -0.2) is 4.68 Å². The Bertz CT molecular complexity index is 477. The average molecular weight is 274 g/mol. The fraction of sp³-hybridized carbons (Fsp3) is 0.875. The van der Waals surface area contributed by atoms with Crippen LogP contribution in [0.4, 0.5) is 0 Å². The highest BCUT2D eigenvalue weighted by molar-refractivity contribution is 5.22. The van der Waals surface area contributed by atoms with Crippen LogP contribution in [0.2, 0.25) is 0 Å². The molecule has 4 aliphatic carbocycles. The van der Waals surface area contributed by atoms with Crippen molar-refractivity contribution in [2.45, 2.75) is 64.5 Å². The van der Waals surface area contributed by atoms with Crippen LogP contribution in [0.1, 0.15) is 69.3 Å². The summed E-state index contributed by atoms with van der Waals surface area (Å²) in [7, 11) is 0. The zero-order valence-electron chi connectivity index (χ0n) is 12.6. The first kappa shape index (κ1) is 12.8. The van der Waals surface area contributed by atoms with Crippen molar-refractivity contribution >= 4 is 0 Å². The van der Waals surface area contributed by atoms with Crippen LogP contribution in [0, 0.1) is 23.7 Å². The van der Waals surface area contributed by atoms with Crippen molar-refractivity contribution in [2.75, 3.05) is 0 Å². The molecule has 0 aromatic carbocycles. The van der Waals surface area contributed by atoms with E-state index in [0.29, 0.717) is 18.5 Å². The Hall–Kier alpha value is -0.900. The van der Waals surface area contributed by atoms with E-state index >= 15 is 0 Å². The van der Waals surface area contributed by atoms with E-state index in [1.165, 1.54) is 37.8 Å². The van der Waals surface area contributed by atoms with Gasteiger partial charge in [-0.15, -0.1) is 5.10 Å². The highest BCUT2D eigenvalue weighted by Gasteiger charge is 2.50. The summed E-state index contributed by atoms with van der Waals surface area (Å²) in [6.07, 6.45) is 7.25. The van der Waals surface area contributed by atoms with E-state index in [-0.39, 0.29) is 0 Å². The van der Waals surface area contributed by atoms with Crippen LogP contribution >= 0.6 is 0 Å². The Balaban J connectivity index is 1.75. The normalized spacial score (nSPS) is 38.9. The van der Waals surface area contributed by atoms with Crippen molar-refractivity contribution in [3.8, 4) is 0 Å². The van der Waals surface area contributed by atoms with Crippen molar-refractivity contribution in [3.63, 3.8) is 0 Å². The fourth-order valence-corrected chi connectivity index (χ4v) is 5.58. The average Bonchev–Trinajstić information content (AvgIpc) is 2.81. The molecule has 4 saturated carbocycles. The van der Waals surface area contributed by atoms with Gasteiger partial charge in [0.05, 0.1) is 11.4 Å². The molecule has 1 heterocycles. The van der Waals surface area contributed by atoms with E-state index in [1.54, 1.807) is 0 Å². The maximum absolute atomic E-state index is 5.94. The van der Waals surface area contributed by atoms with Gasteiger partial charge in [0.2, 0.25) is 0 Å². The predicted octanol–water partition coefficient (Wildman–Crippen LogP) is 2.86. The van der Waals surface area contributed by atoms with Gasteiger partial charge in [-0.1, -0.05) is 5.21 Å². The lowest BCUT2D eigenvalue weighted by Gasteiger charge is -2.54. The Labute approximate surface area is 121 Å². The first-order chi connectivity index (χ1) is 9.67. The molecule has 4 fully saturated rings. The SMILES string of the molecule is CC(C)n1nnc(CN)c1C1C2CC3CC(C2)CC1C3. The quantitative estimate of drug-likeness (QED) is 0.922. The maximum atomic E-state index is 5.94. The van der Waals surface area contributed by atoms with Crippen molar-refractivity contribution in [3.05, 3.63) is 11.4 Å². The molecule has 4 bridgehead atoms. The van der Waals surface area contributed by atoms with Gasteiger partial charge >= 0.3 is 0 Å². The smallest absolute Gasteiger partial charge is 0.0997 e. The number of nitrogens with two attached hydrogens (primary N) is 1. The molecule has 2 N–H and O–H groups in total. The minimum absolute atomic E-state index is 0.384. The molecule has 4 aliphatic rings. The number of aromatic nitrogens is 3. The van der Waals surface area contributed by atoms with E-state index in [9.17, 15) is 0 Å². The molecular formula is C16H26N4. The standard InChI is InChI=1S/C16H26N4/c1-9(2)20-16(14(8-17)18-19-20)15-12-4-10-3-11(6-12)7-13(15)5-10/h9-13,15H,3-8,17H2,1-2H3. The molecular weight excluding hydrogens is 248 g/mol. The van der Waals surface area contributed by atoms with E-state index in [0.717, 1.165) is 29.4 Å². The second-order valence-electron chi connectivity index (χ2n) is 7.62. The van der Waals surface area contributed by atoms with Crippen LogP contribution in [-0.2, 0) is 6.54 Å². The fourth-order valence-electron chi connectivity index (χ4n) is 5.58. The largest absolute Gasteiger partial charge is 0.325 e. The molecule has 0 amide bonds. The summed E-state index contributed by atoms with van der Waals surface area (Å²) in [4.78, 5) is 0. The molecule has 0 spiro atoms. The van der Waals surface area contributed by atoms with Gasteiger partial charge in [-0.2, -0.15) is 0 Å². The maximum Gasteiger partial charge on any atom is 0.0997 e. The highest BCUT2D eigenvalue weighted by Crippen LogP contribution is 2.60. The van der Waals surface area contributed by atoms with Crippen LogP contribution in [0.25, 0.3) is 0 Å². The number of hydrogen-bond acceptors (Lipinski definition) is 3. The summed E-state index contributed by atoms with van der Waals surface area (Å²) in [5, 5.41) is 8.78. The second kappa shape index (κ2) is 4.55. The third-order valence-electron chi connectivity index (χ3n) is 6.03. The van der Waals surface area contributed by atoms with Crippen LogP contribution in [0.15, 0.2) is 0 Å². The third kappa shape index (κ3) is 1.77. The lowest BCUT2D eigenvalue weighted by molar-refractivity contribution is -0.00622. The molecule has 4 heteroatoms. The number of rotatable bonds is 3. The summed E-state index contributed by atoms with van der Waals surface area (Å²) in [5.41, 5.74) is 8.38. The molecule has 0 aliphatic heterocycles. The van der Waals surface area contributed by atoms with Gasteiger partial charge in [-0.05, 0) is 69.6 Å². The van der Waals surface area contributed by atoms with Gasteiger partial charge in [0.25, 0.3) is 0 Å². The lowest BCUT2D eigenvalue weighted by atomic mass is 9.51. The first-order valence-electron chi connectivity index (χ1n) is 8.31. The minimum atomic E-state index is 0.384. The molecule has 1 aromatic heterocycles. The van der Waals surface area contributed by atoms with Gasteiger partial charge in [0.1, 0.15) is 0 Å². The van der Waals surface area contributed by atoms with Crippen molar-refractivity contribution in [1.82, 2.24) is 15.0 Å². The van der Waals surface area contributed by atoms with Crippen LogP contribution in [0.5, 0.6) is 0 Å². The Kier molecular flexibility index (Phi) is 2.92. The number of nitrogens with zero attached hydrogens (tertiary/aromatic N) is 3. The Morgan fingerprint density at radius 1 is 1.10 bits per heavy atom. The molecule has 0 atom stereocenters. The van der Waals surface area contributed by atoms with Gasteiger partial charge in [0.15, 0.2) is 0 Å². The second-order valence-corrected chi connectivity index (χ2v) is 7.62. The number of hydrogen-bond donors (Lipinski definition) is 1. The third-order valence-corrected chi connectivity index (χ3v) is 6.03. The van der Waals surface area contributed by atoms with Crippen LogP contribution < -0.4 is 5.73 Å². The molecule has 4 nitrogen and oxygen atoms in total. The van der Waals surface area contributed by atoms with Gasteiger partial charge in [-0.3, -0.25) is 0 Å². The summed E-state index contributed by atoms with van der Waals surface area (Å²) >= 11 is 0. The van der Waals surface area contributed by atoms with Gasteiger partial charge in [0, 0.05) is 18.5 Å². The molecule has 5 rings (SSSR count). The summed E-state index contributed by atoms with van der Waals surface area (Å²) in [6, 6.07) is 0.384. The topological polar surface area (TPSA) is 56.7 Å². The highest BCUT2D eigenvalue weighted by atomic mass is 15.4. The van der Waals surface area contributed by atoms with E-state index in [1.807, 2.05) is 0 Å². The van der Waals surface area contributed by atoms with Crippen LogP contribution in [-0.4, -0.2) is 15.0 Å². The Morgan fingerprint density at radius 3 is 2.20 bits per heavy atom. The van der Waals surface area contributed by atoms with Crippen molar-refractivity contribution in [1.29, 1.82) is 0 Å². The first-order valence-corrected chi connectivity index (χ1v) is 8.31. The predicted molar refractivity (Wildman–Crippen MR) is 78.1 cm³/mol. The van der Waals surface area contributed by atoms with E-state index in [4.69, 9.17) is 5.73 Å². The van der Waals surface area contributed by atoms with Crippen LogP contribution in [0.3, 0.4) is 0 Å². The minimum Gasteiger partial charge on any atom is -0.325 e. The zero-order valence-corrected chi connectivity index (χ0v) is 12.6. The van der Waals surface area contributed by atoms with Crippen molar-refractivity contribution < 1.29 is 0 Å². The zero-order chi connectivity index (χ0) is 13.9. The Morgan fingerprint density at radius 2 is 1.70 bits per heavy atom. The van der Waals surface area contributed by atoms with Gasteiger partial charge < -0.3 is 5.73 Å². The summed E-state index contributed by atoms with van der Waals surface area (Å²) in [6.45, 7) is 4.94. The van der Waals surface area contributed by atoms with E-state index < -0.39 is 0 Å². The molecule has 0 radical (unpaired) electrons. The molecule has 0 unspecified atom stereocenters. The molecule has 110 valence electrons. The molecule has 20 heavy (non-hydrogen) atoms. The molecule has 0 saturated heterocycles.